The van der Waals surface area contributed by atoms with Gasteiger partial charge in [0.05, 0.1) is 12.8 Å². The van der Waals surface area contributed by atoms with E-state index in [-0.39, 0.29) is 0 Å². The Morgan fingerprint density at radius 2 is 2.00 bits per heavy atom. The van der Waals surface area contributed by atoms with Crippen LogP contribution in [0, 0.1) is 0 Å². The first-order valence-corrected chi connectivity index (χ1v) is 6.96. The number of ether oxygens (including phenoxy) is 1. The van der Waals surface area contributed by atoms with Crippen molar-refractivity contribution >= 4 is 0 Å². The SMILES string of the molecule is COCCNCc1cnoc1-c1ccc(C(C)C)cc1. The number of nitrogens with zero attached hydrogens (tertiary/aromatic N) is 1. The number of hydrogen-bond acceptors (Lipinski definition) is 4. The second kappa shape index (κ2) is 7.22. The molecule has 4 nitrogen and oxygen atoms in total. The molecular weight excluding hydrogens is 252 g/mol. The molecule has 4 heteroatoms. The van der Waals surface area contributed by atoms with Gasteiger partial charge in [-0.2, -0.15) is 0 Å². The minimum Gasteiger partial charge on any atom is -0.383 e. The van der Waals surface area contributed by atoms with Gasteiger partial charge in [-0.15, -0.1) is 0 Å². The van der Waals surface area contributed by atoms with Gasteiger partial charge in [0, 0.05) is 31.3 Å². The molecule has 108 valence electrons. The average molecular weight is 274 g/mol. The predicted molar refractivity (Wildman–Crippen MR) is 79.6 cm³/mol. The molecule has 20 heavy (non-hydrogen) atoms. The van der Waals surface area contributed by atoms with Gasteiger partial charge in [-0.25, -0.2) is 0 Å². The molecule has 0 radical (unpaired) electrons. The van der Waals surface area contributed by atoms with Crippen LogP contribution in [0.1, 0.15) is 30.9 Å². The minimum atomic E-state index is 0.536. The number of nitrogens with one attached hydrogen (secondary N) is 1. The third-order valence-electron chi connectivity index (χ3n) is 3.28. The van der Waals surface area contributed by atoms with Gasteiger partial charge in [0.25, 0.3) is 0 Å². The van der Waals surface area contributed by atoms with Crippen molar-refractivity contribution in [3.8, 4) is 11.3 Å². The Morgan fingerprint density at radius 3 is 2.65 bits per heavy atom. The minimum absolute atomic E-state index is 0.536. The quantitative estimate of drug-likeness (QED) is 0.788. The van der Waals surface area contributed by atoms with Crippen molar-refractivity contribution in [3.63, 3.8) is 0 Å². The molecule has 1 heterocycles. The topological polar surface area (TPSA) is 47.3 Å². The molecule has 0 bridgehead atoms. The van der Waals surface area contributed by atoms with Gasteiger partial charge < -0.3 is 14.6 Å². The first-order chi connectivity index (χ1) is 9.72. The molecule has 0 saturated heterocycles. The summed E-state index contributed by atoms with van der Waals surface area (Å²) in [5.41, 5.74) is 3.46. The second-order valence-electron chi connectivity index (χ2n) is 5.13. The highest BCUT2D eigenvalue weighted by molar-refractivity contribution is 5.61. The van der Waals surface area contributed by atoms with E-state index in [1.54, 1.807) is 13.3 Å². The highest BCUT2D eigenvalue weighted by Crippen LogP contribution is 2.25. The zero-order chi connectivity index (χ0) is 14.4. The van der Waals surface area contributed by atoms with Gasteiger partial charge in [0.2, 0.25) is 0 Å². The predicted octanol–water partition coefficient (Wildman–Crippen LogP) is 3.20. The van der Waals surface area contributed by atoms with Gasteiger partial charge in [-0.05, 0) is 11.5 Å². The van der Waals surface area contributed by atoms with Crippen LogP contribution in [0.5, 0.6) is 0 Å². The van der Waals surface area contributed by atoms with Crippen LogP contribution in [0.4, 0.5) is 0 Å². The Hall–Kier alpha value is -1.65. The summed E-state index contributed by atoms with van der Waals surface area (Å²) in [6, 6.07) is 8.47. The van der Waals surface area contributed by atoms with E-state index in [4.69, 9.17) is 9.26 Å². The maximum Gasteiger partial charge on any atom is 0.171 e. The largest absolute Gasteiger partial charge is 0.383 e. The molecule has 0 atom stereocenters. The molecule has 1 aromatic carbocycles. The first-order valence-electron chi connectivity index (χ1n) is 6.96. The van der Waals surface area contributed by atoms with Gasteiger partial charge in [-0.1, -0.05) is 43.3 Å². The normalized spacial score (nSPS) is 11.2. The molecule has 0 aliphatic heterocycles. The number of methoxy groups -OCH3 is 1. The van der Waals surface area contributed by atoms with Gasteiger partial charge >= 0.3 is 0 Å². The van der Waals surface area contributed by atoms with Crippen molar-refractivity contribution in [2.45, 2.75) is 26.3 Å². The Bertz CT molecular complexity index is 518. The van der Waals surface area contributed by atoms with Crippen LogP contribution in [0.3, 0.4) is 0 Å². The summed E-state index contributed by atoms with van der Waals surface area (Å²) < 4.78 is 10.4. The monoisotopic (exact) mass is 274 g/mol. The molecule has 2 rings (SSSR count). The zero-order valence-corrected chi connectivity index (χ0v) is 12.3. The number of rotatable bonds is 7. The van der Waals surface area contributed by atoms with E-state index >= 15 is 0 Å². The van der Waals surface area contributed by atoms with Crippen molar-refractivity contribution in [3.05, 3.63) is 41.6 Å². The lowest BCUT2D eigenvalue weighted by Gasteiger charge is -2.07. The van der Waals surface area contributed by atoms with Crippen molar-refractivity contribution in [2.24, 2.45) is 0 Å². The highest BCUT2D eigenvalue weighted by atomic mass is 16.5. The van der Waals surface area contributed by atoms with E-state index in [0.29, 0.717) is 12.5 Å². The van der Waals surface area contributed by atoms with E-state index in [9.17, 15) is 0 Å². The standard InChI is InChI=1S/C16H22N2O2/c1-12(2)13-4-6-14(7-5-13)16-15(11-18-20-16)10-17-8-9-19-3/h4-7,11-12,17H,8-10H2,1-3H3. The van der Waals surface area contributed by atoms with Crippen LogP contribution in [0.15, 0.2) is 35.0 Å². The number of benzene rings is 1. The van der Waals surface area contributed by atoms with Crippen molar-refractivity contribution < 1.29 is 9.26 Å². The van der Waals surface area contributed by atoms with Crippen molar-refractivity contribution in [2.75, 3.05) is 20.3 Å². The van der Waals surface area contributed by atoms with Gasteiger partial charge in [-0.3, -0.25) is 0 Å². The molecule has 1 N–H and O–H groups in total. The van der Waals surface area contributed by atoms with E-state index in [1.807, 2.05) is 0 Å². The van der Waals surface area contributed by atoms with Crippen molar-refractivity contribution in [1.82, 2.24) is 10.5 Å². The van der Waals surface area contributed by atoms with Gasteiger partial charge in [0.15, 0.2) is 5.76 Å². The molecule has 0 amide bonds. The smallest absolute Gasteiger partial charge is 0.171 e. The van der Waals surface area contributed by atoms with Crippen LogP contribution >= 0.6 is 0 Å². The average Bonchev–Trinajstić information content (AvgIpc) is 2.92. The Labute approximate surface area is 120 Å². The molecule has 0 unspecified atom stereocenters. The van der Waals surface area contributed by atoms with Crippen LogP contribution in [-0.4, -0.2) is 25.4 Å². The van der Waals surface area contributed by atoms with Crippen LogP contribution in [-0.2, 0) is 11.3 Å². The third-order valence-corrected chi connectivity index (χ3v) is 3.28. The molecule has 0 aliphatic carbocycles. The summed E-state index contributed by atoms with van der Waals surface area (Å²) in [6.45, 7) is 6.62. The molecule has 0 aliphatic rings. The summed E-state index contributed by atoms with van der Waals surface area (Å²) >= 11 is 0. The molecule has 0 saturated carbocycles. The van der Waals surface area contributed by atoms with Crippen LogP contribution < -0.4 is 5.32 Å². The maximum absolute atomic E-state index is 5.39. The van der Waals surface area contributed by atoms with Gasteiger partial charge in [0.1, 0.15) is 0 Å². The first kappa shape index (κ1) is 14.8. The zero-order valence-electron chi connectivity index (χ0n) is 12.3. The highest BCUT2D eigenvalue weighted by Gasteiger charge is 2.10. The van der Waals surface area contributed by atoms with E-state index in [2.05, 4.69) is 48.6 Å². The molecule has 0 fully saturated rings. The second-order valence-corrected chi connectivity index (χ2v) is 5.13. The molecule has 0 spiro atoms. The van der Waals surface area contributed by atoms with E-state index < -0.39 is 0 Å². The van der Waals surface area contributed by atoms with Crippen LogP contribution in [0.25, 0.3) is 11.3 Å². The summed E-state index contributed by atoms with van der Waals surface area (Å²) in [5.74, 6) is 1.37. The Morgan fingerprint density at radius 1 is 1.25 bits per heavy atom. The lowest BCUT2D eigenvalue weighted by molar-refractivity contribution is 0.199. The Kier molecular flexibility index (Phi) is 5.32. The summed E-state index contributed by atoms with van der Waals surface area (Å²) in [7, 11) is 1.70. The molecule has 2 aromatic rings. The number of hydrogen-bond donors (Lipinski definition) is 1. The fourth-order valence-corrected chi connectivity index (χ4v) is 2.04. The summed E-state index contributed by atoms with van der Waals surface area (Å²) in [6.07, 6.45) is 1.77. The summed E-state index contributed by atoms with van der Waals surface area (Å²) in [4.78, 5) is 0. The lowest BCUT2D eigenvalue weighted by Crippen LogP contribution is -2.18. The fourth-order valence-electron chi connectivity index (χ4n) is 2.04. The fraction of sp³-hybridized carbons (Fsp3) is 0.438. The van der Waals surface area contributed by atoms with Crippen LogP contribution in [0.2, 0.25) is 0 Å². The van der Waals surface area contributed by atoms with Crippen molar-refractivity contribution in [1.29, 1.82) is 0 Å². The molecule has 1 aromatic heterocycles. The lowest BCUT2D eigenvalue weighted by atomic mass is 10.0. The third kappa shape index (κ3) is 3.68. The Balaban J connectivity index is 2.07. The summed E-state index contributed by atoms with van der Waals surface area (Å²) in [5, 5.41) is 7.21. The van der Waals surface area contributed by atoms with E-state index in [1.165, 1.54) is 5.56 Å². The number of aromatic nitrogens is 1. The maximum atomic E-state index is 5.39. The van der Waals surface area contributed by atoms with E-state index in [0.717, 1.165) is 30.0 Å². The molecular formula is C16H22N2O2.